The van der Waals surface area contributed by atoms with Crippen LogP contribution in [0.4, 0.5) is 0 Å². The third kappa shape index (κ3) is 7.76. The van der Waals surface area contributed by atoms with Crippen LogP contribution < -0.4 is 5.32 Å². The van der Waals surface area contributed by atoms with Gasteiger partial charge >= 0.3 is 0 Å². The summed E-state index contributed by atoms with van der Waals surface area (Å²) >= 11 is 0. The van der Waals surface area contributed by atoms with Gasteiger partial charge in [-0.2, -0.15) is 0 Å². The van der Waals surface area contributed by atoms with Crippen LogP contribution in [0.25, 0.3) is 0 Å². The second-order valence-corrected chi connectivity index (χ2v) is 3.02. The zero-order valence-corrected chi connectivity index (χ0v) is 8.52. The topological polar surface area (TPSA) is 21.3 Å². The molecule has 0 spiro atoms. The Bertz CT molecular complexity index is 121. The molecule has 0 fully saturated rings. The standard InChI is InChI=1S/C10H21NO/c1-4-7-11-8-5-6-10(2)9-12-3/h6,11H,4-5,7-9H2,1-3H3. The van der Waals surface area contributed by atoms with Gasteiger partial charge in [0, 0.05) is 7.11 Å². The highest BCUT2D eigenvalue weighted by Crippen LogP contribution is 1.94. The molecule has 0 saturated carbocycles. The molecule has 0 aliphatic heterocycles. The van der Waals surface area contributed by atoms with Crippen LogP contribution >= 0.6 is 0 Å². The molecule has 1 N–H and O–H groups in total. The molecule has 72 valence electrons. The summed E-state index contributed by atoms with van der Waals surface area (Å²) in [5.74, 6) is 0. The average Bonchev–Trinajstić information content (AvgIpc) is 2.05. The van der Waals surface area contributed by atoms with E-state index in [0.29, 0.717) is 0 Å². The Morgan fingerprint density at radius 2 is 2.17 bits per heavy atom. The van der Waals surface area contributed by atoms with Gasteiger partial charge in [-0.1, -0.05) is 18.6 Å². The van der Waals surface area contributed by atoms with Crippen molar-refractivity contribution in [2.24, 2.45) is 0 Å². The van der Waals surface area contributed by atoms with E-state index in [4.69, 9.17) is 4.74 Å². The van der Waals surface area contributed by atoms with Crippen molar-refractivity contribution in [2.75, 3.05) is 26.8 Å². The minimum Gasteiger partial charge on any atom is -0.380 e. The summed E-state index contributed by atoms with van der Waals surface area (Å²) in [5.41, 5.74) is 1.32. The van der Waals surface area contributed by atoms with Crippen molar-refractivity contribution >= 4 is 0 Å². The van der Waals surface area contributed by atoms with E-state index in [1.54, 1.807) is 7.11 Å². The molecule has 12 heavy (non-hydrogen) atoms. The highest BCUT2D eigenvalue weighted by atomic mass is 16.5. The van der Waals surface area contributed by atoms with E-state index in [-0.39, 0.29) is 0 Å². The lowest BCUT2D eigenvalue weighted by atomic mass is 10.2. The molecule has 0 bridgehead atoms. The van der Waals surface area contributed by atoms with E-state index in [2.05, 4.69) is 25.2 Å². The summed E-state index contributed by atoms with van der Waals surface area (Å²) < 4.78 is 4.99. The maximum Gasteiger partial charge on any atom is 0.0670 e. The zero-order valence-electron chi connectivity index (χ0n) is 8.52. The van der Waals surface area contributed by atoms with Crippen LogP contribution in [-0.4, -0.2) is 26.8 Å². The Balaban J connectivity index is 3.21. The van der Waals surface area contributed by atoms with Gasteiger partial charge in [-0.3, -0.25) is 0 Å². The van der Waals surface area contributed by atoms with Crippen LogP contribution in [0, 0.1) is 0 Å². The van der Waals surface area contributed by atoms with Gasteiger partial charge in [0.05, 0.1) is 6.61 Å². The number of ether oxygens (including phenoxy) is 1. The number of methoxy groups -OCH3 is 1. The molecule has 0 aromatic rings. The van der Waals surface area contributed by atoms with Crippen LogP contribution in [0.2, 0.25) is 0 Å². The molecule has 2 nitrogen and oxygen atoms in total. The third-order valence-electron chi connectivity index (χ3n) is 1.61. The summed E-state index contributed by atoms with van der Waals surface area (Å²) in [6.45, 7) is 7.24. The van der Waals surface area contributed by atoms with E-state index < -0.39 is 0 Å². The largest absolute Gasteiger partial charge is 0.380 e. The minimum absolute atomic E-state index is 0.758. The Labute approximate surface area is 76.0 Å². The van der Waals surface area contributed by atoms with Crippen LogP contribution in [0.15, 0.2) is 11.6 Å². The molecule has 0 aliphatic carbocycles. The summed E-state index contributed by atoms with van der Waals surface area (Å²) in [6.07, 6.45) is 4.54. The van der Waals surface area contributed by atoms with Crippen molar-refractivity contribution in [3.8, 4) is 0 Å². The lowest BCUT2D eigenvalue weighted by molar-refractivity contribution is 0.225. The summed E-state index contributed by atoms with van der Waals surface area (Å²) in [5, 5.41) is 3.35. The van der Waals surface area contributed by atoms with Crippen molar-refractivity contribution < 1.29 is 4.74 Å². The molecule has 0 atom stereocenters. The van der Waals surface area contributed by atoms with Gasteiger partial charge in [0.2, 0.25) is 0 Å². The van der Waals surface area contributed by atoms with E-state index >= 15 is 0 Å². The van der Waals surface area contributed by atoms with Crippen molar-refractivity contribution in [2.45, 2.75) is 26.7 Å². The highest BCUT2D eigenvalue weighted by molar-refractivity contribution is 4.98. The van der Waals surface area contributed by atoms with Gasteiger partial charge in [-0.05, 0) is 32.9 Å². The molecule has 0 aliphatic rings. The molecule has 0 rings (SSSR count). The lowest BCUT2D eigenvalue weighted by Gasteiger charge is -2.01. The molecule has 0 heterocycles. The molecular formula is C10H21NO. The number of hydrogen-bond acceptors (Lipinski definition) is 2. The fourth-order valence-electron chi connectivity index (χ4n) is 1.01. The molecule has 0 unspecified atom stereocenters. The van der Waals surface area contributed by atoms with E-state index in [9.17, 15) is 0 Å². The Hall–Kier alpha value is -0.340. The first-order valence-electron chi connectivity index (χ1n) is 4.66. The van der Waals surface area contributed by atoms with E-state index in [1.165, 1.54) is 12.0 Å². The Kier molecular flexibility index (Phi) is 8.51. The SMILES string of the molecule is CCCNCCC=C(C)COC. The van der Waals surface area contributed by atoms with Crippen molar-refractivity contribution in [3.63, 3.8) is 0 Å². The van der Waals surface area contributed by atoms with Crippen molar-refractivity contribution in [1.82, 2.24) is 5.32 Å². The van der Waals surface area contributed by atoms with Gasteiger partial charge in [0.15, 0.2) is 0 Å². The smallest absolute Gasteiger partial charge is 0.0670 e. The quantitative estimate of drug-likeness (QED) is 0.467. The first-order valence-corrected chi connectivity index (χ1v) is 4.66. The van der Waals surface area contributed by atoms with Crippen LogP contribution in [0.1, 0.15) is 26.7 Å². The summed E-state index contributed by atoms with van der Waals surface area (Å²) in [4.78, 5) is 0. The molecule has 2 heteroatoms. The zero-order chi connectivity index (χ0) is 9.23. The first kappa shape index (κ1) is 11.7. The molecule has 0 amide bonds. The first-order chi connectivity index (χ1) is 5.81. The van der Waals surface area contributed by atoms with Gasteiger partial charge in [0.1, 0.15) is 0 Å². The van der Waals surface area contributed by atoms with Gasteiger partial charge in [-0.25, -0.2) is 0 Å². The predicted octanol–water partition coefficient (Wildman–Crippen LogP) is 1.97. The molecule has 0 aromatic heterocycles. The fraction of sp³-hybridized carbons (Fsp3) is 0.800. The number of rotatable bonds is 7. The summed E-state index contributed by atoms with van der Waals surface area (Å²) in [7, 11) is 1.73. The minimum atomic E-state index is 0.758. The van der Waals surface area contributed by atoms with E-state index in [0.717, 1.165) is 26.1 Å². The Morgan fingerprint density at radius 1 is 1.42 bits per heavy atom. The Morgan fingerprint density at radius 3 is 2.75 bits per heavy atom. The van der Waals surface area contributed by atoms with Gasteiger partial charge in [-0.15, -0.1) is 0 Å². The second kappa shape index (κ2) is 8.75. The molecular weight excluding hydrogens is 150 g/mol. The number of nitrogens with one attached hydrogen (secondary N) is 1. The van der Waals surface area contributed by atoms with Crippen LogP contribution in [0.5, 0.6) is 0 Å². The lowest BCUT2D eigenvalue weighted by Crippen LogP contribution is -2.15. The highest BCUT2D eigenvalue weighted by Gasteiger charge is 1.87. The second-order valence-electron chi connectivity index (χ2n) is 3.02. The van der Waals surface area contributed by atoms with Crippen LogP contribution in [-0.2, 0) is 4.74 Å². The summed E-state index contributed by atoms with van der Waals surface area (Å²) in [6, 6.07) is 0. The average molecular weight is 171 g/mol. The van der Waals surface area contributed by atoms with Gasteiger partial charge in [0.25, 0.3) is 0 Å². The molecule has 0 radical (unpaired) electrons. The van der Waals surface area contributed by atoms with Crippen molar-refractivity contribution in [1.29, 1.82) is 0 Å². The maximum atomic E-state index is 4.99. The molecule has 0 saturated heterocycles. The third-order valence-corrected chi connectivity index (χ3v) is 1.61. The van der Waals surface area contributed by atoms with E-state index in [1.807, 2.05) is 0 Å². The fourth-order valence-corrected chi connectivity index (χ4v) is 1.01. The van der Waals surface area contributed by atoms with Gasteiger partial charge < -0.3 is 10.1 Å². The molecule has 0 aromatic carbocycles. The predicted molar refractivity (Wildman–Crippen MR) is 53.4 cm³/mol. The number of hydrogen-bond donors (Lipinski definition) is 1. The maximum absolute atomic E-state index is 4.99. The van der Waals surface area contributed by atoms with Crippen LogP contribution in [0.3, 0.4) is 0 Å². The normalized spacial score (nSPS) is 12.1. The monoisotopic (exact) mass is 171 g/mol. The van der Waals surface area contributed by atoms with Crippen molar-refractivity contribution in [3.05, 3.63) is 11.6 Å².